The normalized spacial score (nSPS) is 15.2. The van der Waals surface area contributed by atoms with Crippen molar-refractivity contribution in [3.05, 3.63) is 64.1 Å². The first-order chi connectivity index (χ1) is 17.1. The molecule has 3 rings (SSSR count). The van der Waals surface area contributed by atoms with Crippen LogP contribution in [0, 0.1) is 0 Å². The van der Waals surface area contributed by atoms with Gasteiger partial charge in [0.15, 0.2) is 0 Å². The molecule has 10 heteroatoms. The van der Waals surface area contributed by atoms with Crippen molar-refractivity contribution in [3.63, 3.8) is 0 Å². The molecule has 1 aliphatic carbocycles. The highest BCUT2D eigenvalue weighted by molar-refractivity contribution is 7.92. The minimum absolute atomic E-state index is 0.0951. The summed E-state index contributed by atoms with van der Waals surface area (Å²) in [7, 11) is -3.84. The van der Waals surface area contributed by atoms with E-state index in [1.54, 1.807) is 0 Å². The lowest BCUT2D eigenvalue weighted by Crippen LogP contribution is -2.53. The summed E-state index contributed by atoms with van der Waals surface area (Å²) in [6, 6.07) is 13.1. The lowest BCUT2D eigenvalue weighted by molar-refractivity contribution is -0.140. The van der Waals surface area contributed by atoms with Gasteiger partial charge in [-0.1, -0.05) is 79.7 Å². The van der Waals surface area contributed by atoms with E-state index in [1.165, 1.54) is 23.1 Å². The first-order valence-electron chi connectivity index (χ1n) is 12.2. The first kappa shape index (κ1) is 28.3. The maximum absolute atomic E-state index is 13.7. The molecule has 2 aromatic rings. The van der Waals surface area contributed by atoms with Gasteiger partial charge < -0.3 is 10.2 Å². The van der Waals surface area contributed by atoms with Gasteiger partial charge in [0, 0.05) is 12.6 Å². The van der Waals surface area contributed by atoms with E-state index < -0.39 is 28.5 Å². The number of rotatable bonds is 10. The standard InChI is InChI=1S/C26H33Cl2N3O4S/c1-3-24(26(33)29-20-12-8-5-9-13-20)30(17-19-10-6-4-7-11-19)25(32)18-31(36(2,34)35)21-14-15-22(27)23(28)16-21/h4,6-7,10-11,14-16,20,24H,3,5,8-9,12-13,17-18H2,1-2H3,(H,29,33). The summed E-state index contributed by atoms with van der Waals surface area (Å²) in [5, 5.41) is 3.57. The number of nitrogens with zero attached hydrogens (tertiary/aromatic N) is 2. The summed E-state index contributed by atoms with van der Waals surface area (Å²) >= 11 is 12.1. The molecule has 196 valence electrons. The predicted octanol–water partition coefficient (Wildman–Crippen LogP) is 5.02. The van der Waals surface area contributed by atoms with E-state index in [1.807, 2.05) is 37.3 Å². The molecule has 2 aromatic carbocycles. The third-order valence-corrected chi connectivity index (χ3v) is 8.28. The van der Waals surface area contributed by atoms with Gasteiger partial charge in [-0.3, -0.25) is 13.9 Å². The van der Waals surface area contributed by atoms with Crippen molar-refractivity contribution in [1.82, 2.24) is 10.2 Å². The van der Waals surface area contributed by atoms with Crippen LogP contribution in [0.2, 0.25) is 10.0 Å². The molecule has 0 aromatic heterocycles. The van der Waals surface area contributed by atoms with Gasteiger partial charge in [0.25, 0.3) is 0 Å². The van der Waals surface area contributed by atoms with Crippen molar-refractivity contribution >= 4 is 50.7 Å². The summed E-state index contributed by atoms with van der Waals surface area (Å²) in [6.07, 6.45) is 6.57. The molecule has 0 bridgehead atoms. The van der Waals surface area contributed by atoms with Crippen molar-refractivity contribution in [3.8, 4) is 0 Å². The molecular weight excluding hydrogens is 521 g/mol. The Labute approximate surface area is 223 Å². The van der Waals surface area contributed by atoms with Gasteiger partial charge >= 0.3 is 0 Å². The predicted molar refractivity (Wildman–Crippen MR) is 145 cm³/mol. The highest BCUT2D eigenvalue weighted by Gasteiger charge is 2.32. The van der Waals surface area contributed by atoms with E-state index in [4.69, 9.17) is 23.2 Å². The second-order valence-electron chi connectivity index (χ2n) is 9.14. The van der Waals surface area contributed by atoms with E-state index >= 15 is 0 Å². The van der Waals surface area contributed by atoms with Crippen LogP contribution < -0.4 is 9.62 Å². The van der Waals surface area contributed by atoms with Crippen molar-refractivity contribution in [2.24, 2.45) is 0 Å². The molecule has 0 aliphatic heterocycles. The molecule has 0 radical (unpaired) electrons. The first-order valence-corrected chi connectivity index (χ1v) is 14.8. The number of anilines is 1. The Morgan fingerprint density at radius 2 is 1.69 bits per heavy atom. The van der Waals surface area contributed by atoms with Crippen molar-refractivity contribution in [2.75, 3.05) is 17.1 Å². The zero-order chi connectivity index (χ0) is 26.3. The molecule has 0 saturated heterocycles. The molecular formula is C26H33Cl2N3O4S. The minimum atomic E-state index is -3.84. The molecule has 7 nitrogen and oxygen atoms in total. The lowest BCUT2D eigenvalue weighted by atomic mass is 9.95. The maximum Gasteiger partial charge on any atom is 0.244 e. The number of hydrogen-bond acceptors (Lipinski definition) is 4. The number of carbonyl (C=O) groups is 2. The molecule has 0 spiro atoms. The van der Waals surface area contributed by atoms with Gasteiger partial charge in [-0.15, -0.1) is 0 Å². The average Bonchev–Trinajstić information content (AvgIpc) is 2.84. The highest BCUT2D eigenvalue weighted by Crippen LogP contribution is 2.29. The molecule has 1 saturated carbocycles. The van der Waals surface area contributed by atoms with E-state index in [9.17, 15) is 18.0 Å². The van der Waals surface area contributed by atoms with Gasteiger partial charge in [-0.05, 0) is 43.0 Å². The third-order valence-electron chi connectivity index (χ3n) is 6.40. The zero-order valence-corrected chi connectivity index (χ0v) is 23.0. The van der Waals surface area contributed by atoms with Crippen LogP contribution in [0.3, 0.4) is 0 Å². The summed E-state index contributed by atoms with van der Waals surface area (Å²) in [6.45, 7) is 1.55. The fraction of sp³-hybridized carbons (Fsp3) is 0.462. The smallest absolute Gasteiger partial charge is 0.244 e. The van der Waals surface area contributed by atoms with Gasteiger partial charge in [-0.2, -0.15) is 0 Å². The van der Waals surface area contributed by atoms with Gasteiger partial charge in [-0.25, -0.2) is 8.42 Å². The second-order valence-corrected chi connectivity index (χ2v) is 11.9. The molecule has 2 amide bonds. The lowest BCUT2D eigenvalue weighted by Gasteiger charge is -2.34. The molecule has 1 aliphatic rings. The van der Waals surface area contributed by atoms with Crippen molar-refractivity contribution < 1.29 is 18.0 Å². The van der Waals surface area contributed by atoms with Crippen LogP contribution in [-0.2, 0) is 26.2 Å². The van der Waals surface area contributed by atoms with E-state index in [0.29, 0.717) is 6.42 Å². The second kappa shape index (κ2) is 12.8. The van der Waals surface area contributed by atoms with Crippen LogP contribution in [0.1, 0.15) is 51.0 Å². The monoisotopic (exact) mass is 553 g/mol. The average molecular weight is 555 g/mol. The van der Waals surface area contributed by atoms with Crippen LogP contribution in [-0.4, -0.2) is 50.0 Å². The van der Waals surface area contributed by atoms with E-state index in [-0.39, 0.29) is 34.2 Å². The third kappa shape index (κ3) is 7.60. The van der Waals surface area contributed by atoms with Crippen LogP contribution in [0.15, 0.2) is 48.5 Å². The Morgan fingerprint density at radius 3 is 2.28 bits per heavy atom. The van der Waals surface area contributed by atoms with Crippen molar-refractivity contribution in [2.45, 2.75) is 64.1 Å². The quantitative estimate of drug-likeness (QED) is 0.447. The molecule has 1 unspecified atom stereocenters. The van der Waals surface area contributed by atoms with E-state index in [0.717, 1.165) is 48.2 Å². The summed E-state index contributed by atoms with van der Waals surface area (Å²) < 4.78 is 26.3. The van der Waals surface area contributed by atoms with E-state index in [2.05, 4.69) is 5.32 Å². The zero-order valence-electron chi connectivity index (χ0n) is 20.6. The number of nitrogens with one attached hydrogen (secondary N) is 1. The molecule has 0 heterocycles. The number of hydrogen-bond donors (Lipinski definition) is 1. The van der Waals surface area contributed by atoms with Gasteiger partial charge in [0.05, 0.1) is 22.0 Å². The Bertz CT molecular complexity index is 1160. The Morgan fingerprint density at radius 1 is 1.03 bits per heavy atom. The highest BCUT2D eigenvalue weighted by atomic mass is 35.5. The van der Waals surface area contributed by atoms with Crippen LogP contribution >= 0.6 is 23.2 Å². The SMILES string of the molecule is CCC(C(=O)NC1CCCCC1)N(Cc1ccccc1)C(=O)CN(c1ccc(Cl)c(Cl)c1)S(C)(=O)=O. The molecule has 1 atom stereocenters. The number of sulfonamides is 1. The fourth-order valence-corrected chi connectivity index (χ4v) is 5.63. The summed E-state index contributed by atoms with van der Waals surface area (Å²) in [5.74, 6) is -0.699. The summed E-state index contributed by atoms with van der Waals surface area (Å²) in [4.78, 5) is 28.5. The molecule has 36 heavy (non-hydrogen) atoms. The van der Waals surface area contributed by atoms with Crippen LogP contribution in [0.4, 0.5) is 5.69 Å². The Balaban J connectivity index is 1.90. The van der Waals surface area contributed by atoms with Gasteiger partial charge in [0.2, 0.25) is 21.8 Å². The fourth-order valence-electron chi connectivity index (χ4n) is 4.50. The number of carbonyl (C=O) groups excluding carboxylic acids is 2. The summed E-state index contributed by atoms with van der Waals surface area (Å²) in [5.41, 5.74) is 1.06. The minimum Gasteiger partial charge on any atom is -0.352 e. The largest absolute Gasteiger partial charge is 0.352 e. The maximum atomic E-state index is 13.7. The van der Waals surface area contributed by atoms with Crippen LogP contribution in [0.5, 0.6) is 0 Å². The van der Waals surface area contributed by atoms with Crippen molar-refractivity contribution in [1.29, 1.82) is 0 Å². The Hall–Kier alpha value is -2.29. The molecule has 1 fully saturated rings. The Kier molecular flexibility index (Phi) is 10.0. The number of amides is 2. The topological polar surface area (TPSA) is 86.8 Å². The number of benzene rings is 2. The number of halogens is 2. The van der Waals surface area contributed by atoms with Gasteiger partial charge in [0.1, 0.15) is 12.6 Å². The molecule has 1 N–H and O–H groups in total. The van der Waals surface area contributed by atoms with Crippen LogP contribution in [0.25, 0.3) is 0 Å².